The smallest absolute Gasteiger partial charge is 0.343 e. The van der Waals surface area contributed by atoms with Crippen molar-refractivity contribution in [1.82, 2.24) is 19.2 Å². The van der Waals surface area contributed by atoms with E-state index in [1.54, 1.807) is 16.8 Å². The second-order valence-corrected chi connectivity index (χ2v) is 6.24. The molecule has 3 aromatic heterocycles. The number of pyridine rings is 1. The van der Waals surface area contributed by atoms with Crippen LogP contribution in [0.5, 0.6) is 0 Å². The predicted molar refractivity (Wildman–Crippen MR) is 102 cm³/mol. The molecule has 136 valence electrons. The lowest BCUT2D eigenvalue weighted by molar-refractivity contribution is 0.0602. The van der Waals surface area contributed by atoms with Gasteiger partial charge < -0.3 is 9.64 Å². The van der Waals surface area contributed by atoms with Crippen LogP contribution < -0.4 is 10.5 Å². The predicted octanol–water partition coefficient (Wildman–Crippen LogP) is 1.89. The van der Waals surface area contributed by atoms with E-state index in [2.05, 4.69) is 10.1 Å². The molecule has 4 aromatic rings. The van der Waals surface area contributed by atoms with Crippen LogP contribution in [0.15, 0.2) is 53.7 Å². The van der Waals surface area contributed by atoms with Gasteiger partial charge in [0.1, 0.15) is 5.56 Å². The van der Waals surface area contributed by atoms with Crippen LogP contribution in [0.4, 0.5) is 5.69 Å². The number of benzene rings is 1. The highest BCUT2D eigenvalue weighted by molar-refractivity contribution is 5.96. The van der Waals surface area contributed by atoms with Gasteiger partial charge in [-0.25, -0.2) is 14.3 Å². The fourth-order valence-corrected chi connectivity index (χ4v) is 2.98. The minimum Gasteiger partial charge on any atom is -0.465 e. The van der Waals surface area contributed by atoms with E-state index in [-0.39, 0.29) is 11.1 Å². The molecule has 0 aliphatic heterocycles. The molecule has 0 N–H and O–H groups in total. The van der Waals surface area contributed by atoms with Crippen molar-refractivity contribution in [3.05, 3.63) is 64.8 Å². The Hall–Kier alpha value is -3.68. The monoisotopic (exact) mass is 363 g/mol. The van der Waals surface area contributed by atoms with E-state index >= 15 is 0 Å². The Kier molecular flexibility index (Phi) is 3.88. The van der Waals surface area contributed by atoms with E-state index in [9.17, 15) is 9.59 Å². The molecular weight excluding hydrogens is 346 g/mol. The minimum absolute atomic E-state index is 0.213. The molecule has 4 rings (SSSR count). The number of nitrogens with zero attached hydrogens (tertiary/aromatic N) is 5. The molecule has 0 bridgehead atoms. The number of esters is 1. The lowest BCUT2D eigenvalue weighted by Crippen LogP contribution is -2.19. The molecule has 27 heavy (non-hydrogen) atoms. The van der Waals surface area contributed by atoms with Crippen LogP contribution >= 0.6 is 0 Å². The Balaban J connectivity index is 1.89. The molecule has 0 amide bonds. The number of hydrogen-bond acceptors (Lipinski definition) is 6. The van der Waals surface area contributed by atoms with Gasteiger partial charge >= 0.3 is 5.97 Å². The summed E-state index contributed by atoms with van der Waals surface area (Å²) in [5, 5.41) is 4.59. The third-order valence-electron chi connectivity index (χ3n) is 4.44. The highest BCUT2D eigenvalue weighted by Crippen LogP contribution is 2.18. The number of ether oxygens (including phenoxy) is 1. The summed E-state index contributed by atoms with van der Waals surface area (Å²) >= 11 is 0. The highest BCUT2D eigenvalue weighted by atomic mass is 16.5. The highest BCUT2D eigenvalue weighted by Gasteiger charge is 2.17. The first-order valence-electron chi connectivity index (χ1n) is 8.25. The van der Waals surface area contributed by atoms with Crippen molar-refractivity contribution in [3.63, 3.8) is 0 Å². The van der Waals surface area contributed by atoms with Crippen LogP contribution in [0.3, 0.4) is 0 Å². The molecule has 8 heteroatoms. The van der Waals surface area contributed by atoms with E-state index in [4.69, 9.17) is 4.74 Å². The van der Waals surface area contributed by atoms with Gasteiger partial charge in [-0.1, -0.05) is 0 Å². The maximum absolute atomic E-state index is 13.0. The second kappa shape index (κ2) is 6.24. The van der Waals surface area contributed by atoms with E-state index < -0.39 is 5.97 Å². The number of methoxy groups -OCH3 is 1. The SMILES string of the molecule is COC(=O)c1cnn2c1ncc1c(=O)n(-c3ccc(N(C)C)cc3)ccc12. The summed E-state index contributed by atoms with van der Waals surface area (Å²) in [6.07, 6.45) is 4.54. The van der Waals surface area contributed by atoms with Crippen molar-refractivity contribution in [2.75, 3.05) is 26.1 Å². The van der Waals surface area contributed by atoms with Gasteiger partial charge in [-0.3, -0.25) is 9.36 Å². The van der Waals surface area contributed by atoms with Crippen LogP contribution in [-0.2, 0) is 4.74 Å². The Morgan fingerprint density at radius 2 is 1.85 bits per heavy atom. The third-order valence-corrected chi connectivity index (χ3v) is 4.44. The number of carbonyl (C=O) groups is 1. The normalized spacial score (nSPS) is 11.1. The van der Waals surface area contributed by atoms with E-state index in [1.807, 2.05) is 43.3 Å². The average Bonchev–Trinajstić information content (AvgIpc) is 3.12. The molecule has 0 aliphatic rings. The average molecular weight is 363 g/mol. The number of carbonyl (C=O) groups excluding carboxylic acids is 1. The zero-order chi connectivity index (χ0) is 19.1. The van der Waals surface area contributed by atoms with Gasteiger partial charge in [-0.15, -0.1) is 0 Å². The maximum atomic E-state index is 13.0. The summed E-state index contributed by atoms with van der Waals surface area (Å²) in [7, 11) is 5.22. The molecular formula is C19H17N5O3. The molecule has 0 saturated carbocycles. The first-order valence-corrected chi connectivity index (χ1v) is 8.25. The molecule has 0 aliphatic carbocycles. The summed E-state index contributed by atoms with van der Waals surface area (Å²) in [5.74, 6) is -0.522. The van der Waals surface area contributed by atoms with Gasteiger partial charge in [0.2, 0.25) is 0 Å². The van der Waals surface area contributed by atoms with Crippen molar-refractivity contribution in [2.45, 2.75) is 0 Å². The van der Waals surface area contributed by atoms with Gasteiger partial charge in [-0.2, -0.15) is 5.10 Å². The molecule has 3 heterocycles. The van der Waals surface area contributed by atoms with Gasteiger partial charge in [-0.05, 0) is 30.3 Å². The van der Waals surface area contributed by atoms with Gasteiger partial charge in [0.05, 0.1) is 24.2 Å². The lowest BCUT2D eigenvalue weighted by Gasteiger charge is -2.13. The molecule has 0 fully saturated rings. The molecule has 0 saturated heterocycles. The molecule has 1 aromatic carbocycles. The van der Waals surface area contributed by atoms with Crippen molar-refractivity contribution in [1.29, 1.82) is 0 Å². The number of anilines is 1. The third kappa shape index (κ3) is 2.62. The Bertz CT molecular complexity index is 1220. The zero-order valence-corrected chi connectivity index (χ0v) is 15.1. The topological polar surface area (TPSA) is 81.7 Å². The van der Waals surface area contributed by atoms with Crippen LogP contribution in [0.1, 0.15) is 10.4 Å². The fraction of sp³-hybridized carbons (Fsp3) is 0.158. The van der Waals surface area contributed by atoms with Crippen molar-refractivity contribution in [2.24, 2.45) is 0 Å². The van der Waals surface area contributed by atoms with Gasteiger partial charge in [0.15, 0.2) is 5.65 Å². The van der Waals surface area contributed by atoms with E-state index in [1.165, 1.54) is 24.0 Å². The quantitative estimate of drug-likeness (QED) is 0.517. The van der Waals surface area contributed by atoms with Gasteiger partial charge in [0, 0.05) is 37.9 Å². The van der Waals surface area contributed by atoms with Crippen molar-refractivity contribution in [3.8, 4) is 5.69 Å². The number of rotatable bonds is 3. The molecule has 0 atom stereocenters. The summed E-state index contributed by atoms with van der Waals surface area (Å²) in [4.78, 5) is 31.0. The maximum Gasteiger partial charge on any atom is 0.343 e. The molecule has 0 spiro atoms. The standard InChI is InChI=1S/C19H17N5O3/c1-22(2)12-4-6-13(7-5-12)23-9-8-16-14(18(23)25)10-20-17-15(19(26)27-3)11-21-24(16)17/h4-11H,1-3H3. The number of fused-ring (bicyclic) bond motifs is 3. The second-order valence-electron chi connectivity index (χ2n) is 6.24. The van der Waals surface area contributed by atoms with Gasteiger partial charge in [0.25, 0.3) is 5.56 Å². The van der Waals surface area contributed by atoms with E-state index in [0.29, 0.717) is 16.6 Å². The van der Waals surface area contributed by atoms with Crippen LogP contribution in [0.2, 0.25) is 0 Å². The van der Waals surface area contributed by atoms with Crippen LogP contribution in [-0.4, -0.2) is 46.3 Å². The van der Waals surface area contributed by atoms with Crippen LogP contribution in [0.25, 0.3) is 22.2 Å². The first kappa shape index (κ1) is 16.8. The van der Waals surface area contributed by atoms with Crippen LogP contribution in [0, 0.1) is 0 Å². The van der Waals surface area contributed by atoms with Crippen molar-refractivity contribution >= 4 is 28.2 Å². The molecule has 8 nitrogen and oxygen atoms in total. The zero-order valence-electron chi connectivity index (χ0n) is 15.1. The largest absolute Gasteiger partial charge is 0.465 e. The lowest BCUT2D eigenvalue weighted by atomic mass is 10.2. The number of hydrogen-bond donors (Lipinski definition) is 0. The number of aromatic nitrogens is 4. The summed E-state index contributed by atoms with van der Waals surface area (Å²) in [5.41, 5.74) is 2.76. The summed E-state index contributed by atoms with van der Waals surface area (Å²) < 4.78 is 7.77. The Morgan fingerprint density at radius 1 is 1.11 bits per heavy atom. The van der Waals surface area contributed by atoms with E-state index in [0.717, 1.165) is 11.4 Å². The Labute approximate surface area is 154 Å². The molecule has 0 radical (unpaired) electrons. The summed E-state index contributed by atoms with van der Waals surface area (Å²) in [6, 6.07) is 9.45. The summed E-state index contributed by atoms with van der Waals surface area (Å²) in [6.45, 7) is 0. The van der Waals surface area contributed by atoms with Crippen molar-refractivity contribution < 1.29 is 9.53 Å². The Morgan fingerprint density at radius 3 is 2.52 bits per heavy atom. The fourth-order valence-electron chi connectivity index (χ4n) is 2.98. The minimum atomic E-state index is -0.522. The molecule has 0 unspecified atom stereocenters. The first-order chi connectivity index (χ1) is 13.0.